The van der Waals surface area contributed by atoms with Crippen LogP contribution >= 0.6 is 0 Å². The first kappa shape index (κ1) is 10.5. The van der Waals surface area contributed by atoms with E-state index in [1.54, 1.807) is 6.92 Å². The van der Waals surface area contributed by atoms with Crippen LogP contribution in [0, 0.1) is 15.9 Å². The molecule has 1 aliphatic rings. The number of ether oxygens (including phenoxy) is 1. The van der Waals surface area contributed by atoms with Gasteiger partial charge >= 0.3 is 5.69 Å². The Morgan fingerprint density at radius 3 is 2.88 bits per heavy atom. The van der Waals surface area contributed by atoms with Crippen molar-refractivity contribution in [2.24, 2.45) is 0 Å². The summed E-state index contributed by atoms with van der Waals surface area (Å²) in [5.74, 6) is -1.19. The van der Waals surface area contributed by atoms with Gasteiger partial charge in [0.1, 0.15) is 11.9 Å². The third kappa shape index (κ3) is 1.62. The summed E-state index contributed by atoms with van der Waals surface area (Å²) in [7, 11) is 0. The smallest absolute Gasteiger partial charge is 0.305 e. The van der Waals surface area contributed by atoms with Gasteiger partial charge in [-0.1, -0.05) is 0 Å². The summed E-state index contributed by atoms with van der Waals surface area (Å²) >= 11 is 0. The van der Waals surface area contributed by atoms with E-state index in [4.69, 9.17) is 4.74 Å². The molecule has 1 aliphatic heterocycles. The van der Waals surface area contributed by atoms with E-state index in [0.717, 1.165) is 12.1 Å². The Labute approximate surface area is 90.0 Å². The van der Waals surface area contributed by atoms with Crippen molar-refractivity contribution in [1.82, 2.24) is 0 Å². The Bertz CT molecular complexity index is 486. The highest BCUT2D eigenvalue weighted by atomic mass is 19.1. The number of nitro groups is 1. The quantitative estimate of drug-likeness (QED) is 0.542. The van der Waals surface area contributed by atoms with Crippen LogP contribution in [0.2, 0.25) is 0 Å². The average Bonchev–Trinajstić information content (AvgIpc) is 2.15. The van der Waals surface area contributed by atoms with Crippen LogP contribution < -0.4 is 4.74 Å². The molecule has 0 bridgehead atoms. The predicted molar refractivity (Wildman–Crippen MR) is 52.1 cm³/mol. The van der Waals surface area contributed by atoms with Crippen molar-refractivity contribution in [3.05, 3.63) is 33.6 Å². The lowest BCUT2D eigenvalue weighted by molar-refractivity contribution is -0.387. The lowest BCUT2D eigenvalue weighted by Crippen LogP contribution is -2.24. The summed E-state index contributed by atoms with van der Waals surface area (Å²) in [5, 5.41) is 10.5. The first-order chi connectivity index (χ1) is 7.49. The molecule has 0 radical (unpaired) electrons. The van der Waals surface area contributed by atoms with Crippen LogP contribution in [0.15, 0.2) is 12.1 Å². The zero-order valence-corrected chi connectivity index (χ0v) is 8.40. The Hall–Kier alpha value is -1.98. The second-order valence-corrected chi connectivity index (χ2v) is 3.61. The van der Waals surface area contributed by atoms with E-state index >= 15 is 0 Å². The van der Waals surface area contributed by atoms with Crippen molar-refractivity contribution >= 4 is 11.5 Å². The Balaban J connectivity index is 2.57. The molecule has 6 heteroatoms. The highest BCUT2D eigenvalue weighted by Gasteiger charge is 2.28. The second-order valence-electron chi connectivity index (χ2n) is 3.61. The number of Topliss-reactive ketones (excluding diaryl/α,β-unsaturated/α-hetero) is 1. The molecule has 1 heterocycles. The third-order valence-corrected chi connectivity index (χ3v) is 2.35. The molecule has 1 atom stereocenters. The fraction of sp³-hybridized carbons (Fsp3) is 0.300. The van der Waals surface area contributed by atoms with Gasteiger partial charge < -0.3 is 4.74 Å². The first-order valence-corrected chi connectivity index (χ1v) is 4.67. The van der Waals surface area contributed by atoms with E-state index in [9.17, 15) is 19.3 Å². The van der Waals surface area contributed by atoms with E-state index in [1.165, 1.54) is 0 Å². The maximum atomic E-state index is 13.2. The monoisotopic (exact) mass is 225 g/mol. The number of rotatable bonds is 1. The van der Waals surface area contributed by atoms with Crippen molar-refractivity contribution in [2.75, 3.05) is 0 Å². The number of carbonyl (C=O) groups excluding carboxylic acids is 1. The van der Waals surface area contributed by atoms with Crippen molar-refractivity contribution in [1.29, 1.82) is 0 Å². The molecule has 16 heavy (non-hydrogen) atoms. The molecule has 0 amide bonds. The van der Waals surface area contributed by atoms with Crippen molar-refractivity contribution in [3.63, 3.8) is 0 Å². The van der Waals surface area contributed by atoms with Crippen LogP contribution in [0.1, 0.15) is 23.7 Å². The van der Waals surface area contributed by atoms with E-state index in [0.29, 0.717) is 0 Å². The van der Waals surface area contributed by atoms with Gasteiger partial charge in [-0.2, -0.15) is 4.39 Å². The molecule has 1 unspecified atom stereocenters. The Morgan fingerprint density at radius 2 is 2.25 bits per heavy atom. The fourth-order valence-corrected chi connectivity index (χ4v) is 1.63. The SMILES string of the molecule is CC1CC(=O)c2cc([N+](=O)[O-])c(F)cc2O1. The molecular formula is C10H8FNO4. The van der Waals surface area contributed by atoms with Gasteiger partial charge in [-0.15, -0.1) is 0 Å². The van der Waals surface area contributed by atoms with Crippen LogP contribution in [-0.4, -0.2) is 16.8 Å². The summed E-state index contributed by atoms with van der Waals surface area (Å²) < 4.78 is 18.5. The fourth-order valence-electron chi connectivity index (χ4n) is 1.63. The largest absolute Gasteiger partial charge is 0.489 e. The van der Waals surface area contributed by atoms with Crippen molar-refractivity contribution in [2.45, 2.75) is 19.4 Å². The second kappa shape index (κ2) is 3.55. The molecule has 0 saturated heterocycles. The molecule has 5 nitrogen and oxygen atoms in total. The topological polar surface area (TPSA) is 69.4 Å². The zero-order valence-electron chi connectivity index (χ0n) is 8.40. The number of benzene rings is 1. The van der Waals surface area contributed by atoms with Gasteiger partial charge in [0.05, 0.1) is 10.5 Å². The number of hydrogen-bond donors (Lipinski definition) is 0. The number of carbonyl (C=O) groups is 1. The molecule has 0 aliphatic carbocycles. The molecule has 0 saturated carbocycles. The molecule has 0 spiro atoms. The van der Waals surface area contributed by atoms with Crippen molar-refractivity contribution in [3.8, 4) is 5.75 Å². The minimum absolute atomic E-state index is 0.0752. The summed E-state index contributed by atoms with van der Waals surface area (Å²) in [6.07, 6.45) is -0.184. The van der Waals surface area contributed by atoms with Crippen LogP contribution in [0.3, 0.4) is 0 Å². The standard InChI is InChI=1S/C10H8FNO4/c1-5-2-9(13)6-3-8(12(14)15)7(11)4-10(6)16-5/h3-5H,2H2,1H3. The molecule has 84 valence electrons. The Morgan fingerprint density at radius 1 is 1.56 bits per heavy atom. The highest BCUT2D eigenvalue weighted by Crippen LogP contribution is 2.32. The van der Waals surface area contributed by atoms with E-state index in [2.05, 4.69) is 0 Å². The van der Waals surface area contributed by atoms with Gasteiger partial charge in [-0.25, -0.2) is 0 Å². The lowest BCUT2D eigenvalue weighted by Gasteiger charge is -2.21. The maximum Gasteiger partial charge on any atom is 0.305 e. The number of nitro benzene ring substituents is 1. The maximum absolute atomic E-state index is 13.2. The van der Waals surface area contributed by atoms with Gasteiger partial charge in [-0.3, -0.25) is 14.9 Å². The van der Waals surface area contributed by atoms with E-state index < -0.39 is 16.4 Å². The molecule has 0 aromatic heterocycles. The van der Waals surface area contributed by atoms with Gasteiger partial charge in [0.2, 0.25) is 5.82 Å². The molecule has 2 rings (SSSR count). The van der Waals surface area contributed by atoms with Crippen molar-refractivity contribution < 1.29 is 18.8 Å². The molecule has 1 aromatic rings. The number of halogens is 1. The van der Waals surface area contributed by atoms with Gasteiger partial charge in [-0.05, 0) is 6.92 Å². The van der Waals surface area contributed by atoms with Crippen LogP contribution in [0.25, 0.3) is 0 Å². The number of hydrogen-bond acceptors (Lipinski definition) is 4. The first-order valence-electron chi connectivity index (χ1n) is 4.67. The van der Waals surface area contributed by atoms with Crippen LogP contribution in [-0.2, 0) is 0 Å². The number of nitrogens with zero attached hydrogens (tertiary/aromatic N) is 1. The van der Waals surface area contributed by atoms with Crippen LogP contribution in [0.5, 0.6) is 5.75 Å². The molecule has 1 aromatic carbocycles. The number of ketones is 1. The number of fused-ring (bicyclic) bond motifs is 1. The van der Waals surface area contributed by atoms with Gasteiger partial charge in [0.25, 0.3) is 0 Å². The van der Waals surface area contributed by atoms with Crippen LogP contribution in [0.4, 0.5) is 10.1 Å². The summed E-state index contributed by atoms with van der Waals surface area (Å²) in [5.41, 5.74) is -0.628. The lowest BCUT2D eigenvalue weighted by atomic mass is 10.0. The minimum Gasteiger partial charge on any atom is -0.489 e. The highest BCUT2D eigenvalue weighted by molar-refractivity contribution is 6.00. The molecule has 0 N–H and O–H groups in total. The predicted octanol–water partition coefficient (Wildman–Crippen LogP) is 2.09. The molecular weight excluding hydrogens is 217 g/mol. The van der Waals surface area contributed by atoms with E-state index in [1.807, 2.05) is 0 Å². The minimum atomic E-state index is -0.995. The zero-order chi connectivity index (χ0) is 11.9. The van der Waals surface area contributed by atoms with E-state index in [-0.39, 0.29) is 29.6 Å². The molecule has 0 fully saturated rings. The summed E-state index contributed by atoms with van der Waals surface area (Å²) in [4.78, 5) is 21.2. The third-order valence-electron chi connectivity index (χ3n) is 2.35. The summed E-state index contributed by atoms with van der Waals surface area (Å²) in [6.45, 7) is 1.68. The van der Waals surface area contributed by atoms with Gasteiger partial charge in [0.15, 0.2) is 5.78 Å². The normalized spacial score (nSPS) is 18.9. The van der Waals surface area contributed by atoms with Gasteiger partial charge in [0, 0.05) is 18.6 Å². The summed E-state index contributed by atoms with van der Waals surface area (Å²) in [6, 6.07) is 1.82. The Kier molecular flexibility index (Phi) is 2.34. The average molecular weight is 225 g/mol.